The van der Waals surface area contributed by atoms with Gasteiger partial charge in [-0.2, -0.15) is 4.98 Å². The van der Waals surface area contributed by atoms with Crippen molar-refractivity contribution in [3.05, 3.63) is 40.9 Å². The molecule has 0 unspecified atom stereocenters. The van der Waals surface area contributed by atoms with Gasteiger partial charge in [0.05, 0.1) is 23.5 Å². The number of aromatic nitrogens is 3. The summed E-state index contributed by atoms with van der Waals surface area (Å²) < 4.78 is 43.1. The number of imidazole rings is 1. The van der Waals surface area contributed by atoms with Gasteiger partial charge in [-0.15, -0.1) is 11.3 Å². The predicted octanol–water partition coefficient (Wildman–Crippen LogP) is 7.56. The van der Waals surface area contributed by atoms with Crippen molar-refractivity contribution >= 4 is 56.2 Å². The normalized spacial score (nSPS) is 24.7. The largest absolute Gasteiger partial charge is 0.459 e. The summed E-state index contributed by atoms with van der Waals surface area (Å²) in [5, 5.41) is 6.54. The van der Waals surface area contributed by atoms with Crippen LogP contribution in [0.2, 0.25) is 0 Å². The molecule has 346 valence electrons. The van der Waals surface area contributed by atoms with Crippen LogP contribution in [0.3, 0.4) is 0 Å². The van der Waals surface area contributed by atoms with Crippen molar-refractivity contribution in [2.24, 2.45) is 11.3 Å². The van der Waals surface area contributed by atoms with Crippen LogP contribution in [0.1, 0.15) is 144 Å². The molecule has 3 aromatic rings. The van der Waals surface area contributed by atoms with Crippen LogP contribution in [0.25, 0.3) is 21.6 Å². The molecule has 4 amide bonds. The number of carbonyl (C=O) groups is 4. The average Bonchev–Trinajstić information content (AvgIpc) is 3.45. The van der Waals surface area contributed by atoms with E-state index in [1.165, 1.54) is 9.78 Å². The van der Waals surface area contributed by atoms with Gasteiger partial charge in [0, 0.05) is 22.9 Å². The molecule has 63 heavy (non-hydrogen) atoms. The summed E-state index contributed by atoms with van der Waals surface area (Å²) >= 11 is 1.66. The molecule has 1 aliphatic carbocycles. The number of alkyl carbamates (subject to hydrolysis) is 1. The number of aryl methyl sites for hydroxylation is 1. The fourth-order valence-corrected chi connectivity index (χ4v) is 11.0. The molecule has 15 nitrogen and oxygen atoms in total. The highest BCUT2D eigenvalue weighted by Gasteiger charge is 2.62. The Labute approximate surface area is 376 Å². The first kappa shape index (κ1) is 48.0. The number of likely N-dealkylation sites (tertiary alicyclic amines) is 1. The number of hydrogen-bond donors (Lipinski definition) is 3. The lowest BCUT2D eigenvalue weighted by Gasteiger charge is -2.36. The summed E-state index contributed by atoms with van der Waals surface area (Å²) in [4.78, 5) is 69.5. The number of nitrogens with one attached hydrogen (secondary N) is 3. The van der Waals surface area contributed by atoms with Gasteiger partial charge >= 0.3 is 6.09 Å². The molecule has 3 N–H and O–H groups in total. The van der Waals surface area contributed by atoms with E-state index >= 15 is 0 Å². The number of thiazole rings is 1. The molecule has 0 radical (unpaired) electrons. The second-order valence-corrected chi connectivity index (χ2v) is 22.9. The van der Waals surface area contributed by atoms with Gasteiger partial charge in [0.1, 0.15) is 39.9 Å². The molecule has 6 bridgehead atoms. The Morgan fingerprint density at radius 2 is 1.76 bits per heavy atom. The second-order valence-electron chi connectivity index (χ2n) is 20.0. The highest BCUT2D eigenvalue weighted by molar-refractivity contribution is 7.90. The van der Waals surface area contributed by atoms with E-state index in [1.54, 1.807) is 32.1 Å². The Kier molecular flexibility index (Phi) is 14.1. The number of para-hydroxylation sites is 1. The van der Waals surface area contributed by atoms with Gasteiger partial charge in [-0.1, -0.05) is 66.2 Å². The Balaban J connectivity index is 1.43. The molecule has 2 fully saturated rings. The first-order valence-electron chi connectivity index (χ1n) is 22.4. The van der Waals surface area contributed by atoms with Crippen molar-refractivity contribution in [3.63, 3.8) is 0 Å². The summed E-state index contributed by atoms with van der Waals surface area (Å²) in [7, 11) is -4.02. The number of nitrogens with zero attached hydrogens (tertiary/aromatic N) is 4. The van der Waals surface area contributed by atoms with E-state index in [0.717, 1.165) is 40.1 Å². The molecule has 5 atom stereocenters. The Hall–Kier alpha value is -4.51. The number of sulfonamides is 1. The molecule has 1 saturated heterocycles. The third-order valence-corrected chi connectivity index (χ3v) is 14.4. The molecular formula is C46H67N7O8S2. The smallest absolute Gasteiger partial charge is 0.408 e. The number of amides is 4. The number of carbonyl (C=O) groups excluding carboxylic acids is 4. The molecule has 1 saturated carbocycles. The molecule has 4 heterocycles. The molecule has 2 aromatic heterocycles. The lowest BCUT2D eigenvalue weighted by atomic mass is 9.85. The van der Waals surface area contributed by atoms with E-state index in [9.17, 15) is 27.6 Å². The van der Waals surface area contributed by atoms with Crippen molar-refractivity contribution in [3.8, 4) is 16.6 Å². The molecular weight excluding hydrogens is 843 g/mol. The van der Waals surface area contributed by atoms with Crippen LogP contribution in [0.4, 0.5) is 4.79 Å². The maximum absolute atomic E-state index is 14.8. The number of allylic oxidation sites excluding steroid dienone is 2. The van der Waals surface area contributed by atoms with Crippen molar-refractivity contribution in [1.29, 1.82) is 0 Å². The highest BCUT2D eigenvalue weighted by atomic mass is 32.2. The van der Waals surface area contributed by atoms with E-state index in [1.807, 2.05) is 64.3 Å². The third-order valence-electron chi connectivity index (χ3n) is 11.9. The second kappa shape index (κ2) is 18.5. The van der Waals surface area contributed by atoms with Crippen molar-refractivity contribution in [2.45, 2.75) is 169 Å². The topological polar surface area (TPSA) is 191 Å². The van der Waals surface area contributed by atoms with Crippen LogP contribution in [0.15, 0.2) is 30.4 Å². The van der Waals surface area contributed by atoms with E-state index < -0.39 is 68.6 Å². The first-order valence-corrected chi connectivity index (χ1v) is 24.9. The molecule has 6 rings (SSSR count). The van der Waals surface area contributed by atoms with Crippen molar-refractivity contribution in [2.75, 3.05) is 12.3 Å². The fourth-order valence-electron chi connectivity index (χ4n) is 8.62. The molecule has 2 aliphatic heterocycles. The number of hydrogen-bond acceptors (Lipinski definition) is 11. The first-order chi connectivity index (χ1) is 29.4. The number of fused-ring (bicyclic) bond motifs is 6. The molecule has 1 spiro atoms. The maximum Gasteiger partial charge on any atom is 0.408 e. The van der Waals surface area contributed by atoms with Gasteiger partial charge < -0.3 is 25.0 Å². The minimum absolute atomic E-state index is 0.0312. The Bertz CT molecular complexity index is 2340. The summed E-state index contributed by atoms with van der Waals surface area (Å²) in [5.74, 6) is -2.30. The van der Waals surface area contributed by atoms with Gasteiger partial charge in [-0.3, -0.25) is 23.7 Å². The summed E-state index contributed by atoms with van der Waals surface area (Å²) in [6, 6.07) is 3.98. The zero-order valence-electron chi connectivity index (χ0n) is 38.8. The summed E-state index contributed by atoms with van der Waals surface area (Å²) in [6.45, 7) is 20.8. The van der Waals surface area contributed by atoms with Gasteiger partial charge in [0.25, 0.3) is 11.9 Å². The van der Waals surface area contributed by atoms with Crippen LogP contribution in [-0.4, -0.2) is 93.3 Å². The standard InChI is InChI=1S/C46H67N7O8S2/c1-12-29-25-46(29)41(56)51-63(58,59)23-18-16-14-13-15-17-22-34-35(27(2)3)47-39(62-34)31-20-19-21-32-36(31)48-42(53(32)28(4)5)60-30-24-33(38(54)50-46)52(26-30)40(55)37(44(6,7)8)49-43(57)61-45(9,10)11/h13,15,19-21,27-30,33,37H,12,14,16-18,22-26H2,1-11H3,(H,49,57)(H,50,54)(H,51,56)/b15-13+/t29-,30-,33+,37-,46-/m1/s1. The van der Waals surface area contributed by atoms with Gasteiger partial charge in [-0.05, 0) is 103 Å². The van der Waals surface area contributed by atoms with E-state index in [4.69, 9.17) is 19.4 Å². The zero-order chi connectivity index (χ0) is 46.2. The number of benzene rings is 1. The van der Waals surface area contributed by atoms with Crippen LogP contribution < -0.4 is 20.1 Å². The van der Waals surface area contributed by atoms with E-state index in [-0.39, 0.29) is 43.0 Å². The lowest BCUT2D eigenvalue weighted by molar-refractivity contribution is -0.143. The fraction of sp³-hybridized carbons (Fsp3) is 0.652. The quantitative estimate of drug-likeness (QED) is 0.216. The van der Waals surface area contributed by atoms with Crippen molar-refractivity contribution < 1.29 is 37.1 Å². The van der Waals surface area contributed by atoms with E-state index in [0.29, 0.717) is 31.7 Å². The Morgan fingerprint density at radius 3 is 2.40 bits per heavy atom. The molecule has 1 aromatic carbocycles. The summed E-state index contributed by atoms with van der Waals surface area (Å²) in [6.07, 6.45) is 6.75. The van der Waals surface area contributed by atoms with E-state index in [2.05, 4.69) is 41.4 Å². The van der Waals surface area contributed by atoms with Crippen LogP contribution in [0.5, 0.6) is 6.01 Å². The lowest BCUT2D eigenvalue weighted by Crippen LogP contribution is -2.60. The summed E-state index contributed by atoms with van der Waals surface area (Å²) in [5.41, 5.74) is 0.356. The SMILES string of the molecule is CC[C@@H]1C[C@@]12NC(=O)[C@@H]1C[C@H](CN1C(=O)[C@@H](NC(=O)OC(C)(C)C)C(C)(C)C)Oc1nc3c(cccc3n1C(C)C)-c1nc(C(C)C)c(s1)CC/C=C/CCCCS(=O)(=O)NC2=O. The molecule has 3 aliphatic rings. The maximum atomic E-state index is 14.8. The van der Waals surface area contributed by atoms with Crippen LogP contribution in [0, 0.1) is 11.3 Å². The van der Waals surface area contributed by atoms with Crippen LogP contribution in [-0.2, 0) is 35.6 Å². The molecule has 17 heteroatoms. The predicted molar refractivity (Wildman–Crippen MR) is 245 cm³/mol. The Morgan fingerprint density at radius 1 is 1.05 bits per heavy atom. The monoisotopic (exact) mass is 909 g/mol. The number of ether oxygens (including phenoxy) is 2. The number of rotatable bonds is 5. The zero-order valence-corrected chi connectivity index (χ0v) is 40.4. The van der Waals surface area contributed by atoms with Gasteiger partial charge in [-0.25, -0.2) is 18.2 Å². The minimum atomic E-state index is -4.02. The van der Waals surface area contributed by atoms with Gasteiger partial charge in [0.15, 0.2) is 0 Å². The minimum Gasteiger partial charge on any atom is -0.459 e. The van der Waals surface area contributed by atoms with Gasteiger partial charge in [0.2, 0.25) is 21.8 Å². The van der Waals surface area contributed by atoms with Crippen LogP contribution >= 0.6 is 11.3 Å². The van der Waals surface area contributed by atoms with Crippen molar-refractivity contribution in [1.82, 2.24) is 34.8 Å². The third kappa shape index (κ3) is 10.9. The average molecular weight is 910 g/mol. The highest BCUT2D eigenvalue weighted by Crippen LogP contribution is 2.47.